The molecule has 1 aromatic heterocycles. The second kappa shape index (κ2) is 3.94. The van der Waals surface area contributed by atoms with E-state index in [1.807, 2.05) is 6.92 Å². The van der Waals surface area contributed by atoms with Crippen LogP contribution in [-0.2, 0) is 0 Å². The van der Waals surface area contributed by atoms with E-state index in [-0.39, 0.29) is 0 Å². The van der Waals surface area contributed by atoms with Gasteiger partial charge in [-0.15, -0.1) is 0 Å². The SMILES string of the molecule is Cc1n[nH]c(=S)n1C1CC(C)(C)CC(C)(C)C1. The number of nitrogens with zero attached hydrogens (tertiary/aromatic N) is 2. The van der Waals surface area contributed by atoms with E-state index in [2.05, 4.69) is 42.5 Å². The first-order chi connectivity index (χ1) is 7.70. The minimum atomic E-state index is 0.380. The third-order valence-electron chi connectivity index (χ3n) is 3.78. The molecule has 0 aliphatic heterocycles. The molecule has 2 rings (SSSR count). The Morgan fingerprint density at radius 3 is 2.18 bits per heavy atom. The number of aryl methyl sites for hydroxylation is 1. The van der Waals surface area contributed by atoms with Crippen molar-refractivity contribution in [1.82, 2.24) is 14.8 Å². The molecule has 1 heterocycles. The highest BCUT2D eigenvalue weighted by Gasteiger charge is 2.39. The summed E-state index contributed by atoms with van der Waals surface area (Å²) in [5.74, 6) is 1.01. The van der Waals surface area contributed by atoms with Crippen molar-refractivity contribution in [3.63, 3.8) is 0 Å². The van der Waals surface area contributed by atoms with Gasteiger partial charge in [0.1, 0.15) is 5.82 Å². The predicted molar refractivity (Wildman–Crippen MR) is 72.6 cm³/mol. The Bertz CT molecular complexity index is 451. The van der Waals surface area contributed by atoms with Crippen LogP contribution in [0.4, 0.5) is 0 Å². The maximum atomic E-state index is 5.35. The lowest BCUT2D eigenvalue weighted by Gasteiger charge is -2.45. The fourth-order valence-corrected chi connectivity index (χ4v) is 4.11. The second-order valence-corrected chi connectivity index (χ2v) is 7.40. The number of H-pyrrole nitrogens is 1. The van der Waals surface area contributed by atoms with E-state index in [1.54, 1.807) is 0 Å². The number of nitrogens with one attached hydrogen (secondary N) is 1. The van der Waals surface area contributed by atoms with E-state index in [0.29, 0.717) is 16.9 Å². The van der Waals surface area contributed by atoms with Gasteiger partial charge in [-0.05, 0) is 49.2 Å². The lowest BCUT2D eigenvalue weighted by molar-refractivity contribution is 0.0709. The van der Waals surface area contributed by atoms with Gasteiger partial charge in [-0.25, -0.2) is 0 Å². The maximum absolute atomic E-state index is 5.35. The third kappa shape index (κ3) is 2.62. The molecule has 0 amide bonds. The molecule has 0 aromatic carbocycles. The first-order valence-corrected chi connectivity index (χ1v) is 6.75. The topological polar surface area (TPSA) is 33.6 Å². The van der Waals surface area contributed by atoms with Crippen LogP contribution in [0.15, 0.2) is 0 Å². The molecule has 3 nitrogen and oxygen atoms in total. The Morgan fingerprint density at radius 2 is 1.76 bits per heavy atom. The Labute approximate surface area is 109 Å². The first kappa shape index (κ1) is 12.8. The monoisotopic (exact) mass is 253 g/mol. The van der Waals surface area contributed by atoms with Crippen LogP contribution in [0.5, 0.6) is 0 Å². The van der Waals surface area contributed by atoms with Gasteiger partial charge in [0, 0.05) is 6.04 Å². The zero-order valence-corrected chi connectivity index (χ0v) is 12.3. The zero-order chi connectivity index (χ0) is 12.8. The van der Waals surface area contributed by atoms with Gasteiger partial charge in [-0.3, -0.25) is 5.10 Å². The molecule has 1 fully saturated rings. The summed E-state index contributed by atoms with van der Waals surface area (Å²) < 4.78 is 2.97. The summed E-state index contributed by atoms with van der Waals surface area (Å²) in [5.41, 5.74) is 0.760. The Balaban J connectivity index is 2.37. The lowest BCUT2D eigenvalue weighted by atomic mass is 9.63. The molecular weight excluding hydrogens is 230 g/mol. The van der Waals surface area contributed by atoms with Gasteiger partial charge in [0.15, 0.2) is 4.77 Å². The van der Waals surface area contributed by atoms with Crippen LogP contribution in [0.3, 0.4) is 0 Å². The van der Waals surface area contributed by atoms with Crippen molar-refractivity contribution in [2.75, 3.05) is 0 Å². The van der Waals surface area contributed by atoms with E-state index in [9.17, 15) is 0 Å². The second-order valence-electron chi connectivity index (χ2n) is 7.01. The standard InChI is InChI=1S/C13H23N3S/c1-9-14-15-11(17)16(9)10-6-12(2,3)8-13(4,5)7-10/h10H,6-8H2,1-5H3,(H,15,17). The molecular formula is C13H23N3S. The van der Waals surface area contributed by atoms with Crippen LogP contribution in [0.25, 0.3) is 0 Å². The molecule has 1 aliphatic carbocycles. The van der Waals surface area contributed by atoms with E-state index in [4.69, 9.17) is 12.2 Å². The van der Waals surface area contributed by atoms with Gasteiger partial charge in [-0.2, -0.15) is 5.10 Å². The Kier molecular flexibility index (Phi) is 2.97. The summed E-state index contributed by atoms with van der Waals surface area (Å²) in [5, 5.41) is 7.14. The summed E-state index contributed by atoms with van der Waals surface area (Å²) in [6.45, 7) is 11.5. The summed E-state index contributed by atoms with van der Waals surface area (Å²) in [4.78, 5) is 0. The molecule has 0 radical (unpaired) electrons. The van der Waals surface area contributed by atoms with Gasteiger partial charge >= 0.3 is 0 Å². The van der Waals surface area contributed by atoms with Crippen LogP contribution >= 0.6 is 12.2 Å². The molecule has 17 heavy (non-hydrogen) atoms. The summed E-state index contributed by atoms with van der Waals surface area (Å²) in [6.07, 6.45) is 3.65. The average molecular weight is 253 g/mol. The van der Waals surface area contributed by atoms with E-state index >= 15 is 0 Å². The van der Waals surface area contributed by atoms with Gasteiger partial charge < -0.3 is 4.57 Å². The average Bonchev–Trinajstić information content (AvgIpc) is 2.40. The van der Waals surface area contributed by atoms with Gasteiger partial charge in [0.2, 0.25) is 0 Å². The minimum Gasteiger partial charge on any atom is -0.301 e. The number of aromatic amines is 1. The Morgan fingerprint density at radius 1 is 1.24 bits per heavy atom. The highest BCUT2D eigenvalue weighted by Crippen LogP contribution is 2.50. The minimum absolute atomic E-state index is 0.380. The van der Waals surface area contributed by atoms with Crippen molar-refractivity contribution in [1.29, 1.82) is 0 Å². The van der Waals surface area contributed by atoms with E-state index < -0.39 is 0 Å². The molecule has 0 bridgehead atoms. The fourth-order valence-electron chi connectivity index (χ4n) is 3.78. The first-order valence-electron chi connectivity index (χ1n) is 6.34. The number of rotatable bonds is 1. The molecule has 0 unspecified atom stereocenters. The molecule has 96 valence electrons. The number of aromatic nitrogens is 3. The van der Waals surface area contributed by atoms with Crippen molar-refractivity contribution >= 4 is 12.2 Å². The van der Waals surface area contributed by atoms with E-state index in [0.717, 1.165) is 10.6 Å². The molecule has 0 atom stereocenters. The zero-order valence-electron chi connectivity index (χ0n) is 11.5. The molecule has 0 spiro atoms. The molecule has 1 aliphatic rings. The molecule has 1 aromatic rings. The van der Waals surface area contributed by atoms with Crippen molar-refractivity contribution in [2.24, 2.45) is 10.8 Å². The number of hydrogen-bond donors (Lipinski definition) is 1. The van der Waals surface area contributed by atoms with Crippen molar-refractivity contribution in [3.8, 4) is 0 Å². The maximum Gasteiger partial charge on any atom is 0.195 e. The van der Waals surface area contributed by atoms with Crippen LogP contribution in [0.1, 0.15) is 58.8 Å². The van der Waals surface area contributed by atoms with Crippen molar-refractivity contribution in [3.05, 3.63) is 10.6 Å². The van der Waals surface area contributed by atoms with Crippen molar-refractivity contribution in [2.45, 2.75) is 59.9 Å². The molecule has 1 saturated carbocycles. The summed E-state index contributed by atoms with van der Waals surface area (Å²) in [7, 11) is 0. The Hall–Kier alpha value is -0.640. The van der Waals surface area contributed by atoms with Crippen LogP contribution in [0.2, 0.25) is 0 Å². The number of hydrogen-bond acceptors (Lipinski definition) is 2. The van der Waals surface area contributed by atoms with Gasteiger partial charge in [0.25, 0.3) is 0 Å². The predicted octanol–water partition coefficient (Wildman–Crippen LogP) is 4.03. The highest BCUT2D eigenvalue weighted by molar-refractivity contribution is 7.71. The quantitative estimate of drug-likeness (QED) is 0.767. The highest BCUT2D eigenvalue weighted by atomic mass is 32.1. The largest absolute Gasteiger partial charge is 0.301 e. The van der Waals surface area contributed by atoms with Crippen LogP contribution in [-0.4, -0.2) is 14.8 Å². The van der Waals surface area contributed by atoms with E-state index in [1.165, 1.54) is 19.3 Å². The fraction of sp³-hybridized carbons (Fsp3) is 0.846. The van der Waals surface area contributed by atoms with Crippen LogP contribution in [0, 0.1) is 22.5 Å². The smallest absolute Gasteiger partial charge is 0.195 e. The lowest BCUT2D eigenvalue weighted by Crippen LogP contribution is -2.35. The summed E-state index contributed by atoms with van der Waals surface area (Å²) >= 11 is 5.35. The summed E-state index contributed by atoms with van der Waals surface area (Å²) in [6, 6.07) is 0.486. The normalized spacial score (nSPS) is 23.8. The molecule has 4 heteroatoms. The van der Waals surface area contributed by atoms with Gasteiger partial charge in [0.05, 0.1) is 0 Å². The van der Waals surface area contributed by atoms with Crippen LogP contribution < -0.4 is 0 Å². The third-order valence-corrected chi connectivity index (χ3v) is 4.07. The molecule has 0 saturated heterocycles. The van der Waals surface area contributed by atoms with Gasteiger partial charge in [-0.1, -0.05) is 27.7 Å². The molecule has 1 N–H and O–H groups in total. The van der Waals surface area contributed by atoms with Crippen molar-refractivity contribution < 1.29 is 0 Å².